The van der Waals surface area contributed by atoms with Crippen molar-refractivity contribution >= 4 is 17.7 Å². The monoisotopic (exact) mass is 305 g/mol. The van der Waals surface area contributed by atoms with Crippen molar-refractivity contribution in [3.8, 4) is 5.82 Å². The first-order valence-corrected chi connectivity index (χ1v) is 7.08. The Hall–Kier alpha value is -3.28. The van der Waals surface area contributed by atoms with Crippen LogP contribution in [0.15, 0.2) is 61.3 Å². The number of aromatic nitrogens is 4. The molecule has 0 aliphatic rings. The summed E-state index contributed by atoms with van der Waals surface area (Å²) in [5.41, 5.74) is 1.50. The molecule has 1 N–H and O–H groups in total. The van der Waals surface area contributed by atoms with Crippen molar-refractivity contribution in [1.29, 1.82) is 0 Å². The molecule has 23 heavy (non-hydrogen) atoms. The van der Waals surface area contributed by atoms with E-state index in [1.807, 2.05) is 35.9 Å². The Bertz CT molecular complexity index is 822. The first-order valence-electron chi connectivity index (χ1n) is 7.08. The predicted molar refractivity (Wildman–Crippen MR) is 88.0 cm³/mol. The van der Waals surface area contributed by atoms with Gasteiger partial charge in [0.1, 0.15) is 11.6 Å². The molecule has 0 bridgehead atoms. The Kier molecular flexibility index (Phi) is 4.24. The number of hydrogen-bond donors (Lipinski definition) is 1. The normalized spacial score (nSPS) is 10.8. The molecule has 114 valence electrons. The quantitative estimate of drug-likeness (QED) is 0.752. The SMILES string of the molecule is Cc1nccn1-c1ccc(NC(=O)C=Cc2cccnc2)cn1. The molecule has 0 aliphatic carbocycles. The van der Waals surface area contributed by atoms with Gasteiger partial charge in [0, 0.05) is 30.9 Å². The number of nitrogens with zero attached hydrogens (tertiary/aromatic N) is 4. The average molecular weight is 305 g/mol. The highest BCUT2D eigenvalue weighted by atomic mass is 16.1. The number of carbonyl (C=O) groups is 1. The van der Waals surface area contributed by atoms with Crippen LogP contribution in [0.5, 0.6) is 0 Å². The van der Waals surface area contributed by atoms with E-state index < -0.39 is 0 Å². The summed E-state index contributed by atoms with van der Waals surface area (Å²) >= 11 is 0. The van der Waals surface area contributed by atoms with Crippen LogP contribution in [-0.4, -0.2) is 25.4 Å². The third-order valence-electron chi connectivity index (χ3n) is 3.20. The highest BCUT2D eigenvalue weighted by Gasteiger charge is 2.03. The number of imidazole rings is 1. The van der Waals surface area contributed by atoms with E-state index in [4.69, 9.17) is 0 Å². The molecular formula is C17H15N5O. The van der Waals surface area contributed by atoms with E-state index in [0.29, 0.717) is 5.69 Å². The van der Waals surface area contributed by atoms with E-state index in [2.05, 4.69) is 20.3 Å². The van der Waals surface area contributed by atoms with Crippen molar-refractivity contribution in [3.05, 3.63) is 72.7 Å². The van der Waals surface area contributed by atoms with Gasteiger partial charge in [-0.05, 0) is 36.8 Å². The van der Waals surface area contributed by atoms with Crippen molar-refractivity contribution in [2.24, 2.45) is 0 Å². The minimum atomic E-state index is -0.220. The molecule has 3 aromatic rings. The minimum absolute atomic E-state index is 0.220. The second kappa shape index (κ2) is 6.65. The number of pyridine rings is 2. The summed E-state index contributed by atoms with van der Waals surface area (Å²) in [6.07, 6.45) is 11.7. The number of anilines is 1. The van der Waals surface area contributed by atoms with E-state index in [1.165, 1.54) is 6.08 Å². The fourth-order valence-corrected chi connectivity index (χ4v) is 2.05. The summed E-state index contributed by atoms with van der Waals surface area (Å²) < 4.78 is 1.87. The van der Waals surface area contributed by atoms with Crippen molar-refractivity contribution in [3.63, 3.8) is 0 Å². The van der Waals surface area contributed by atoms with Crippen LogP contribution in [0.2, 0.25) is 0 Å². The lowest BCUT2D eigenvalue weighted by Gasteiger charge is -2.06. The zero-order valence-electron chi connectivity index (χ0n) is 12.5. The molecule has 0 radical (unpaired) electrons. The lowest BCUT2D eigenvalue weighted by atomic mass is 10.2. The zero-order chi connectivity index (χ0) is 16.1. The zero-order valence-corrected chi connectivity index (χ0v) is 12.5. The van der Waals surface area contributed by atoms with Gasteiger partial charge in [0.05, 0.1) is 11.9 Å². The van der Waals surface area contributed by atoms with Crippen molar-refractivity contribution in [2.75, 3.05) is 5.32 Å². The Balaban J connectivity index is 1.65. The van der Waals surface area contributed by atoms with Crippen LogP contribution in [0, 0.1) is 6.92 Å². The molecule has 3 heterocycles. The molecule has 0 spiro atoms. The predicted octanol–water partition coefficient (Wildman–Crippen LogP) is 2.62. The number of hydrogen-bond acceptors (Lipinski definition) is 4. The van der Waals surface area contributed by atoms with Crippen LogP contribution in [0.25, 0.3) is 11.9 Å². The largest absolute Gasteiger partial charge is 0.321 e. The molecule has 0 atom stereocenters. The van der Waals surface area contributed by atoms with Gasteiger partial charge >= 0.3 is 0 Å². The van der Waals surface area contributed by atoms with Crippen molar-refractivity contribution in [1.82, 2.24) is 19.5 Å². The number of amides is 1. The summed E-state index contributed by atoms with van der Waals surface area (Å²) in [4.78, 5) is 24.4. The molecule has 0 fully saturated rings. The standard InChI is InChI=1S/C17H15N5O/c1-13-19-9-10-22(13)16-6-5-15(12-20-16)21-17(23)7-4-14-3-2-8-18-11-14/h2-12H,1H3,(H,21,23). The first-order chi connectivity index (χ1) is 11.2. The molecular weight excluding hydrogens is 290 g/mol. The van der Waals surface area contributed by atoms with E-state index in [-0.39, 0.29) is 5.91 Å². The second-order valence-electron chi connectivity index (χ2n) is 4.86. The Morgan fingerprint density at radius 3 is 2.74 bits per heavy atom. The van der Waals surface area contributed by atoms with Crippen LogP contribution in [0.3, 0.4) is 0 Å². The van der Waals surface area contributed by atoms with Gasteiger partial charge in [-0.15, -0.1) is 0 Å². The van der Waals surface area contributed by atoms with Gasteiger partial charge in [-0.3, -0.25) is 14.3 Å². The molecule has 0 aliphatic heterocycles. The van der Waals surface area contributed by atoms with Crippen molar-refractivity contribution < 1.29 is 4.79 Å². The summed E-state index contributed by atoms with van der Waals surface area (Å²) in [5, 5.41) is 2.77. The first kappa shape index (κ1) is 14.6. The Morgan fingerprint density at radius 1 is 1.17 bits per heavy atom. The molecule has 6 heteroatoms. The lowest BCUT2D eigenvalue weighted by molar-refractivity contribution is -0.111. The molecule has 0 aromatic carbocycles. The van der Waals surface area contributed by atoms with Gasteiger partial charge in [-0.25, -0.2) is 9.97 Å². The van der Waals surface area contributed by atoms with Gasteiger partial charge in [-0.2, -0.15) is 0 Å². The van der Waals surface area contributed by atoms with Crippen molar-refractivity contribution in [2.45, 2.75) is 6.92 Å². The van der Waals surface area contributed by atoms with E-state index in [1.54, 1.807) is 36.9 Å². The van der Waals surface area contributed by atoms with Gasteiger partial charge in [0.25, 0.3) is 0 Å². The molecule has 6 nitrogen and oxygen atoms in total. The van der Waals surface area contributed by atoms with Crippen LogP contribution in [-0.2, 0) is 4.79 Å². The third-order valence-corrected chi connectivity index (χ3v) is 3.20. The maximum atomic E-state index is 11.9. The number of aryl methyl sites for hydroxylation is 1. The molecule has 0 saturated carbocycles. The smallest absolute Gasteiger partial charge is 0.248 e. The van der Waals surface area contributed by atoms with Gasteiger partial charge in [-0.1, -0.05) is 6.07 Å². The number of carbonyl (C=O) groups excluding carboxylic acids is 1. The number of nitrogens with one attached hydrogen (secondary N) is 1. The van der Waals surface area contributed by atoms with E-state index >= 15 is 0 Å². The van der Waals surface area contributed by atoms with Crippen LogP contribution >= 0.6 is 0 Å². The van der Waals surface area contributed by atoms with Crippen LogP contribution in [0.4, 0.5) is 5.69 Å². The molecule has 3 aromatic heterocycles. The van der Waals surface area contributed by atoms with E-state index in [9.17, 15) is 4.79 Å². The minimum Gasteiger partial charge on any atom is -0.321 e. The molecule has 1 amide bonds. The highest BCUT2D eigenvalue weighted by Crippen LogP contribution is 2.11. The van der Waals surface area contributed by atoms with Crippen LogP contribution < -0.4 is 5.32 Å². The van der Waals surface area contributed by atoms with Gasteiger partial charge < -0.3 is 5.32 Å². The Morgan fingerprint density at radius 2 is 2.09 bits per heavy atom. The fourth-order valence-electron chi connectivity index (χ4n) is 2.05. The second-order valence-corrected chi connectivity index (χ2v) is 4.86. The summed E-state index contributed by atoms with van der Waals surface area (Å²) in [6.45, 7) is 1.90. The fraction of sp³-hybridized carbons (Fsp3) is 0.0588. The topological polar surface area (TPSA) is 72.7 Å². The van der Waals surface area contributed by atoms with Gasteiger partial charge in [0.15, 0.2) is 0 Å². The lowest BCUT2D eigenvalue weighted by Crippen LogP contribution is -2.08. The summed E-state index contributed by atoms with van der Waals surface area (Å²) in [7, 11) is 0. The maximum Gasteiger partial charge on any atom is 0.248 e. The summed E-state index contributed by atoms with van der Waals surface area (Å²) in [5.74, 6) is 1.39. The molecule has 0 unspecified atom stereocenters. The Labute approximate surface area is 133 Å². The number of rotatable bonds is 4. The van der Waals surface area contributed by atoms with E-state index in [0.717, 1.165) is 17.2 Å². The average Bonchev–Trinajstić information content (AvgIpc) is 3.01. The summed E-state index contributed by atoms with van der Waals surface area (Å²) in [6, 6.07) is 7.33. The third kappa shape index (κ3) is 3.68. The highest BCUT2D eigenvalue weighted by molar-refractivity contribution is 6.01. The molecule has 3 rings (SSSR count). The maximum absolute atomic E-state index is 11.9. The molecule has 0 saturated heterocycles. The van der Waals surface area contributed by atoms with Gasteiger partial charge in [0.2, 0.25) is 5.91 Å². The van der Waals surface area contributed by atoms with Crippen LogP contribution in [0.1, 0.15) is 11.4 Å².